The summed E-state index contributed by atoms with van der Waals surface area (Å²) in [6.07, 6.45) is 3.72. The lowest BCUT2D eigenvalue weighted by molar-refractivity contribution is -0.136. The number of rotatable bonds is 4. The van der Waals surface area contributed by atoms with Crippen LogP contribution in [0.25, 0.3) is 0 Å². The normalized spacial score (nSPS) is 17.0. The maximum absolute atomic E-state index is 12.7. The highest BCUT2D eigenvalue weighted by molar-refractivity contribution is 5.80. The molecule has 1 aromatic heterocycles. The summed E-state index contributed by atoms with van der Waals surface area (Å²) in [6.45, 7) is 10.4. The largest absolute Gasteiger partial charge is 0.338 e. The lowest BCUT2D eigenvalue weighted by Crippen LogP contribution is -2.50. The van der Waals surface area contributed by atoms with Gasteiger partial charge in [0.1, 0.15) is 6.04 Å². The standard InChI is InChI=1S/C19H26N4O/c1-15-12-20-23(13-15)17(3)19(24)22-10-8-21(9-11-22)14-18-7-5-4-6-16(18)2/h4-7,12-13,17H,8-11,14H2,1-3H3. The van der Waals surface area contributed by atoms with Gasteiger partial charge >= 0.3 is 0 Å². The number of carbonyl (C=O) groups excluding carboxylic acids is 1. The maximum atomic E-state index is 12.7. The van der Waals surface area contributed by atoms with Crippen LogP contribution in [0.5, 0.6) is 0 Å². The number of piperazine rings is 1. The van der Waals surface area contributed by atoms with Gasteiger partial charge in [-0.2, -0.15) is 5.10 Å². The summed E-state index contributed by atoms with van der Waals surface area (Å²) in [6, 6.07) is 8.28. The Hall–Kier alpha value is -2.14. The van der Waals surface area contributed by atoms with Gasteiger partial charge in [0.05, 0.1) is 6.20 Å². The van der Waals surface area contributed by atoms with Crippen molar-refractivity contribution in [2.24, 2.45) is 0 Å². The molecule has 5 heteroatoms. The molecule has 1 amide bonds. The lowest BCUT2D eigenvalue weighted by atomic mass is 10.1. The van der Waals surface area contributed by atoms with Crippen LogP contribution in [0, 0.1) is 13.8 Å². The van der Waals surface area contributed by atoms with Crippen LogP contribution in [-0.2, 0) is 11.3 Å². The average Bonchev–Trinajstić information content (AvgIpc) is 3.03. The van der Waals surface area contributed by atoms with Crippen molar-refractivity contribution >= 4 is 5.91 Å². The fraction of sp³-hybridized carbons (Fsp3) is 0.474. The van der Waals surface area contributed by atoms with Gasteiger partial charge in [-0.3, -0.25) is 14.4 Å². The zero-order valence-electron chi connectivity index (χ0n) is 14.8. The second-order valence-corrected chi connectivity index (χ2v) is 6.70. The van der Waals surface area contributed by atoms with E-state index in [4.69, 9.17) is 0 Å². The number of benzene rings is 1. The van der Waals surface area contributed by atoms with Crippen LogP contribution in [0.2, 0.25) is 0 Å². The van der Waals surface area contributed by atoms with E-state index in [1.54, 1.807) is 10.9 Å². The Labute approximate surface area is 143 Å². The van der Waals surface area contributed by atoms with Crippen molar-refractivity contribution in [1.82, 2.24) is 19.6 Å². The number of nitrogens with zero attached hydrogens (tertiary/aromatic N) is 4. The van der Waals surface area contributed by atoms with Crippen LogP contribution in [0.15, 0.2) is 36.7 Å². The number of aromatic nitrogens is 2. The molecule has 0 bridgehead atoms. The summed E-state index contributed by atoms with van der Waals surface area (Å²) in [5.74, 6) is 0.161. The summed E-state index contributed by atoms with van der Waals surface area (Å²) in [7, 11) is 0. The van der Waals surface area contributed by atoms with Crippen molar-refractivity contribution in [1.29, 1.82) is 0 Å². The van der Waals surface area contributed by atoms with Crippen LogP contribution < -0.4 is 0 Å². The first-order valence-corrected chi connectivity index (χ1v) is 8.61. The molecule has 0 aliphatic carbocycles. The number of hydrogen-bond acceptors (Lipinski definition) is 3. The quantitative estimate of drug-likeness (QED) is 0.866. The van der Waals surface area contributed by atoms with Crippen molar-refractivity contribution in [2.45, 2.75) is 33.4 Å². The van der Waals surface area contributed by atoms with Gasteiger partial charge in [-0.1, -0.05) is 24.3 Å². The fourth-order valence-corrected chi connectivity index (χ4v) is 3.18. The molecule has 24 heavy (non-hydrogen) atoms. The van der Waals surface area contributed by atoms with Gasteiger partial charge in [-0.15, -0.1) is 0 Å². The lowest BCUT2D eigenvalue weighted by Gasteiger charge is -2.36. The van der Waals surface area contributed by atoms with Gasteiger partial charge in [0.25, 0.3) is 0 Å². The molecule has 1 aliphatic rings. The van der Waals surface area contributed by atoms with E-state index in [0.29, 0.717) is 0 Å². The van der Waals surface area contributed by atoms with E-state index < -0.39 is 0 Å². The van der Waals surface area contributed by atoms with E-state index in [-0.39, 0.29) is 11.9 Å². The molecule has 0 N–H and O–H groups in total. The SMILES string of the molecule is Cc1cnn(C(C)C(=O)N2CCN(Cc3ccccc3C)CC2)c1. The number of amides is 1. The molecule has 3 rings (SSSR count). The highest BCUT2D eigenvalue weighted by atomic mass is 16.2. The third kappa shape index (κ3) is 3.67. The second kappa shape index (κ2) is 7.18. The molecule has 2 aromatic rings. The highest BCUT2D eigenvalue weighted by Gasteiger charge is 2.26. The number of hydrogen-bond donors (Lipinski definition) is 0. The van der Waals surface area contributed by atoms with Gasteiger partial charge in [-0.05, 0) is 37.5 Å². The molecular weight excluding hydrogens is 300 g/mol. The topological polar surface area (TPSA) is 41.4 Å². The number of aryl methyl sites for hydroxylation is 2. The van der Waals surface area contributed by atoms with Crippen molar-refractivity contribution in [3.63, 3.8) is 0 Å². The van der Waals surface area contributed by atoms with E-state index in [1.165, 1.54) is 11.1 Å². The van der Waals surface area contributed by atoms with Crippen LogP contribution in [0.1, 0.15) is 29.7 Å². The van der Waals surface area contributed by atoms with E-state index in [9.17, 15) is 4.79 Å². The predicted octanol–water partition coefficient (Wildman–Crippen LogP) is 2.41. The fourth-order valence-electron chi connectivity index (χ4n) is 3.18. The average molecular weight is 326 g/mol. The van der Waals surface area contributed by atoms with Crippen molar-refractivity contribution < 1.29 is 4.79 Å². The van der Waals surface area contributed by atoms with Crippen molar-refractivity contribution in [3.05, 3.63) is 53.3 Å². The van der Waals surface area contributed by atoms with Gasteiger partial charge in [0.2, 0.25) is 5.91 Å². The minimum Gasteiger partial charge on any atom is -0.338 e. The number of carbonyl (C=O) groups is 1. The summed E-state index contributed by atoms with van der Waals surface area (Å²) in [5.41, 5.74) is 3.79. The van der Waals surface area contributed by atoms with Crippen LogP contribution in [0.4, 0.5) is 0 Å². The van der Waals surface area contributed by atoms with Crippen molar-refractivity contribution in [3.8, 4) is 0 Å². The Morgan fingerprint density at radius 3 is 2.50 bits per heavy atom. The molecule has 1 unspecified atom stereocenters. The Bertz CT molecular complexity index is 701. The minimum atomic E-state index is -0.235. The van der Waals surface area contributed by atoms with Crippen LogP contribution in [0.3, 0.4) is 0 Å². The van der Waals surface area contributed by atoms with E-state index >= 15 is 0 Å². The van der Waals surface area contributed by atoms with Gasteiger partial charge in [-0.25, -0.2) is 0 Å². The molecule has 1 aliphatic heterocycles. The summed E-state index contributed by atoms with van der Waals surface area (Å²) in [5, 5.41) is 4.27. The molecule has 128 valence electrons. The highest BCUT2D eigenvalue weighted by Crippen LogP contribution is 2.15. The zero-order chi connectivity index (χ0) is 17.1. The first kappa shape index (κ1) is 16.7. The molecule has 0 saturated carbocycles. The molecule has 0 spiro atoms. The third-order valence-electron chi connectivity index (χ3n) is 4.82. The van der Waals surface area contributed by atoms with Crippen LogP contribution >= 0.6 is 0 Å². The van der Waals surface area contributed by atoms with E-state index in [1.807, 2.05) is 24.9 Å². The molecule has 0 radical (unpaired) electrons. The zero-order valence-corrected chi connectivity index (χ0v) is 14.8. The van der Waals surface area contributed by atoms with Gasteiger partial charge in [0, 0.05) is 38.9 Å². The first-order chi connectivity index (χ1) is 11.5. The minimum absolute atomic E-state index is 0.161. The van der Waals surface area contributed by atoms with Crippen LogP contribution in [-0.4, -0.2) is 51.7 Å². The second-order valence-electron chi connectivity index (χ2n) is 6.70. The van der Waals surface area contributed by atoms with E-state index in [2.05, 4.69) is 41.2 Å². The first-order valence-electron chi connectivity index (χ1n) is 8.61. The van der Waals surface area contributed by atoms with Gasteiger partial charge in [0.15, 0.2) is 0 Å². The Balaban J connectivity index is 1.55. The molecular formula is C19H26N4O. The van der Waals surface area contributed by atoms with Gasteiger partial charge < -0.3 is 4.90 Å². The maximum Gasteiger partial charge on any atom is 0.247 e. The smallest absolute Gasteiger partial charge is 0.247 e. The molecule has 1 saturated heterocycles. The Morgan fingerprint density at radius 1 is 1.17 bits per heavy atom. The van der Waals surface area contributed by atoms with E-state index in [0.717, 1.165) is 38.3 Å². The molecule has 1 fully saturated rings. The van der Waals surface area contributed by atoms with Crippen molar-refractivity contribution in [2.75, 3.05) is 26.2 Å². The Morgan fingerprint density at radius 2 is 1.88 bits per heavy atom. The monoisotopic (exact) mass is 326 g/mol. The third-order valence-corrected chi connectivity index (χ3v) is 4.82. The molecule has 5 nitrogen and oxygen atoms in total. The molecule has 2 heterocycles. The molecule has 1 aromatic carbocycles. The molecule has 1 atom stereocenters. The summed E-state index contributed by atoms with van der Waals surface area (Å²) in [4.78, 5) is 17.1. The summed E-state index contributed by atoms with van der Waals surface area (Å²) >= 11 is 0. The summed E-state index contributed by atoms with van der Waals surface area (Å²) < 4.78 is 1.76. The Kier molecular flexibility index (Phi) is 5.00. The predicted molar refractivity (Wildman–Crippen MR) is 94.7 cm³/mol.